The molecule has 0 bridgehead atoms. The highest BCUT2D eigenvalue weighted by Gasteiger charge is 2.53. The molecule has 13 nitrogen and oxygen atoms in total. The Balaban J connectivity index is 2.61. The van der Waals surface area contributed by atoms with Crippen LogP contribution in [0.4, 0.5) is 0 Å². The molecule has 0 radical (unpaired) electrons. The maximum absolute atomic E-state index is 12.0. The van der Waals surface area contributed by atoms with Crippen LogP contribution in [0.1, 0.15) is 33.3 Å². The molecule has 0 saturated carbocycles. The molecule has 0 spiro atoms. The van der Waals surface area contributed by atoms with Crippen LogP contribution in [0.5, 0.6) is 17.2 Å². The summed E-state index contributed by atoms with van der Waals surface area (Å²) in [5.74, 6) is -2.52. The third-order valence-electron chi connectivity index (χ3n) is 5.08. The van der Waals surface area contributed by atoms with Crippen LogP contribution >= 0.6 is 0 Å². The van der Waals surface area contributed by atoms with Crippen molar-refractivity contribution >= 4 is 30.0 Å². The zero-order valence-electron chi connectivity index (χ0n) is 22.0. The van der Waals surface area contributed by atoms with E-state index in [0.717, 1.165) is 20.8 Å². The van der Waals surface area contributed by atoms with Crippen molar-refractivity contribution in [1.82, 2.24) is 0 Å². The average Bonchev–Trinajstić information content (AvgIpc) is 2.84. The van der Waals surface area contributed by atoms with Crippen LogP contribution in [0, 0.1) is 0 Å². The van der Waals surface area contributed by atoms with E-state index in [-0.39, 0.29) is 23.9 Å². The second-order valence-electron chi connectivity index (χ2n) is 8.02. The number of aliphatic hydroxyl groups is 1. The van der Waals surface area contributed by atoms with Crippen molar-refractivity contribution in [3.05, 3.63) is 23.8 Å². The van der Waals surface area contributed by atoms with E-state index >= 15 is 0 Å². The molecule has 0 aliphatic carbocycles. The molecule has 1 saturated heterocycles. The quantitative estimate of drug-likeness (QED) is 0.315. The predicted octanol–water partition coefficient (Wildman–Crippen LogP) is 1.17. The maximum Gasteiger partial charge on any atom is 0.303 e. The van der Waals surface area contributed by atoms with E-state index in [1.807, 2.05) is 0 Å². The van der Waals surface area contributed by atoms with Crippen LogP contribution < -0.4 is 14.2 Å². The van der Waals surface area contributed by atoms with E-state index < -0.39 is 61.2 Å². The highest BCUT2D eigenvalue weighted by Crippen LogP contribution is 2.41. The summed E-state index contributed by atoms with van der Waals surface area (Å²) in [6.07, 6.45) is -3.68. The molecule has 1 heterocycles. The van der Waals surface area contributed by atoms with Gasteiger partial charge in [-0.15, -0.1) is 0 Å². The minimum absolute atomic E-state index is 0.0389. The van der Waals surface area contributed by atoms with E-state index in [9.17, 15) is 19.2 Å². The largest absolute Gasteiger partial charge is 0.493 e. The molecular weight excluding hydrogens is 508 g/mol. The van der Waals surface area contributed by atoms with Gasteiger partial charge in [0.25, 0.3) is 0 Å². The minimum Gasteiger partial charge on any atom is -0.493 e. The van der Waals surface area contributed by atoms with Gasteiger partial charge in [-0.2, -0.15) is 0 Å². The van der Waals surface area contributed by atoms with Gasteiger partial charge in [0.2, 0.25) is 18.1 Å². The molecule has 38 heavy (non-hydrogen) atoms. The van der Waals surface area contributed by atoms with E-state index in [1.54, 1.807) is 18.2 Å². The van der Waals surface area contributed by atoms with Crippen molar-refractivity contribution in [1.29, 1.82) is 0 Å². The zero-order chi connectivity index (χ0) is 28.4. The predicted molar refractivity (Wildman–Crippen MR) is 128 cm³/mol. The number of benzene rings is 1. The molecule has 210 valence electrons. The van der Waals surface area contributed by atoms with E-state index in [2.05, 4.69) is 0 Å². The second kappa shape index (κ2) is 14.2. The minimum atomic E-state index is -1.47. The van der Waals surface area contributed by atoms with Crippen molar-refractivity contribution in [2.45, 2.75) is 58.4 Å². The number of hydrogen-bond acceptors (Lipinski definition) is 13. The molecule has 2 rings (SSSR count). The number of ether oxygens (including phenoxy) is 8. The fourth-order valence-electron chi connectivity index (χ4n) is 3.70. The van der Waals surface area contributed by atoms with Crippen LogP contribution in [0.2, 0.25) is 0 Å². The molecule has 13 heteroatoms. The summed E-state index contributed by atoms with van der Waals surface area (Å²) >= 11 is 0. The van der Waals surface area contributed by atoms with Crippen molar-refractivity contribution in [3.8, 4) is 17.2 Å². The van der Waals surface area contributed by atoms with Crippen molar-refractivity contribution in [2.75, 3.05) is 27.4 Å². The van der Waals surface area contributed by atoms with Crippen molar-refractivity contribution in [3.63, 3.8) is 0 Å². The third-order valence-corrected chi connectivity index (χ3v) is 5.08. The molecule has 1 aliphatic rings. The molecular formula is C25H32O13. The van der Waals surface area contributed by atoms with Crippen LogP contribution in [0.3, 0.4) is 0 Å². The Hall–Kier alpha value is -3.84. The highest BCUT2D eigenvalue weighted by atomic mass is 16.7. The summed E-state index contributed by atoms with van der Waals surface area (Å²) in [6.45, 7) is 3.94. The van der Waals surface area contributed by atoms with Gasteiger partial charge < -0.3 is 43.0 Å². The number of methoxy groups -OCH3 is 2. The van der Waals surface area contributed by atoms with Gasteiger partial charge in [0, 0.05) is 27.7 Å². The lowest BCUT2D eigenvalue weighted by Gasteiger charge is -2.44. The summed E-state index contributed by atoms with van der Waals surface area (Å²) in [6, 6.07) is 3.18. The molecule has 1 aromatic rings. The Morgan fingerprint density at radius 1 is 0.842 bits per heavy atom. The summed E-state index contributed by atoms with van der Waals surface area (Å²) in [4.78, 5) is 47.4. The number of rotatable bonds is 11. The molecule has 1 aliphatic heterocycles. The van der Waals surface area contributed by atoms with E-state index in [1.165, 1.54) is 27.2 Å². The smallest absolute Gasteiger partial charge is 0.303 e. The van der Waals surface area contributed by atoms with Gasteiger partial charge in [-0.1, -0.05) is 12.2 Å². The van der Waals surface area contributed by atoms with Crippen molar-refractivity contribution < 1.29 is 62.2 Å². The van der Waals surface area contributed by atoms with Crippen LogP contribution in [0.15, 0.2) is 18.2 Å². The number of aliphatic hydroxyl groups excluding tert-OH is 1. The lowest BCUT2D eigenvalue weighted by Crippen LogP contribution is -2.63. The molecule has 1 aromatic carbocycles. The van der Waals surface area contributed by atoms with Gasteiger partial charge in [-0.25, -0.2) is 0 Å². The lowest BCUT2D eigenvalue weighted by atomic mass is 9.98. The fraction of sp³-hybridized carbons (Fsp3) is 0.520. The summed E-state index contributed by atoms with van der Waals surface area (Å²) in [7, 11) is 2.77. The summed E-state index contributed by atoms with van der Waals surface area (Å²) in [5, 5.41) is 9.09. The number of carbonyl (C=O) groups excluding carboxylic acids is 4. The zero-order valence-corrected chi connectivity index (χ0v) is 22.0. The Morgan fingerprint density at radius 2 is 1.37 bits per heavy atom. The number of carbonyl (C=O) groups is 4. The monoisotopic (exact) mass is 540 g/mol. The first kappa shape index (κ1) is 30.4. The summed E-state index contributed by atoms with van der Waals surface area (Å²) < 4.78 is 44.2. The molecule has 0 amide bonds. The van der Waals surface area contributed by atoms with E-state index in [0.29, 0.717) is 5.56 Å². The molecule has 1 fully saturated rings. The topological polar surface area (TPSA) is 162 Å². The van der Waals surface area contributed by atoms with Gasteiger partial charge in [0.15, 0.2) is 23.7 Å². The molecule has 5 atom stereocenters. The Morgan fingerprint density at radius 3 is 1.84 bits per heavy atom. The normalized spacial score (nSPS) is 22.8. The Bertz CT molecular complexity index is 1010. The first-order valence-corrected chi connectivity index (χ1v) is 11.5. The highest BCUT2D eigenvalue weighted by molar-refractivity contribution is 5.69. The molecule has 0 aromatic heterocycles. The number of esters is 4. The fourth-order valence-corrected chi connectivity index (χ4v) is 3.70. The van der Waals surface area contributed by atoms with Gasteiger partial charge in [-0.05, 0) is 17.7 Å². The SMILES string of the molecule is COc1cc(/C=C/CO)cc(OC)c1O[C@@H]1O[C@H](COC(C)=O)[C@@H](OC(C)=O)[C@H](OC(C)=O)[C@H]1OC(C)=O. The molecule has 0 unspecified atom stereocenters. The third kappa shape index (κ3) is 8.35. The Labute approximate surface area is 219 Å². The van der Waals surface area contributed by atoms with Gasteiger partial charge in [0.05, 0.1) is 20.8 Å². The maximum atomic E-state index is 12.0. The first-order valence-electron chi connectivity index (χ1n) is 11.5. The van der Waals surface area contributed by atoms with Gasteiger partial charge in [0.1, 0.15) is 12.7 Å². The van der Waals surface area contributed by atoms with Gasteiger partial charge in [-0.3, -0.25) is 19.2 Å². The standard InChI is InChI=1S/C25H32O13/c1-13(27)33-12-20-22(34-14(2)28)23(35-15(3)29)24(36-16(4)30)25(37-20)38-21-18(31-5)10-17(8-7-9-26)11-19(21)32-6/h7-8,10-11,20,22-26H,9,12H2,1-6H3/b8-7+/t20-,22-,23+,24-,25+/m1/s1. The van der Waals surface area contributed by atoms with Crippen LogP contribution in [-0.4, -0.2) is 87.1 Å². The lowest BCUT2D eigenvalue weighted by molar-refractivity contribution is -0.288. The van der Waals surface area contributed by atoms with Crippen molar-refractivity contribution in [2.24, 2.45) is 0 Å². The number of hydrogen-bond donors (Lipinski definition) is 1. The molecule has 1 N–H and O–H groups in total. The second-order valence-corrected chi connectivity index (χ2v) is 8.02. The van der Waals surface area contributed by atoms with Gasteiger partial charge >= 0.3 is 23.9 Å². The first-order chi connectivity index (χ1) is 18.0. The summed E-state index contributed by atoms with van der Waals surface area (Å²) in [5.41, 5.74) is 0.613. The Kier molecular flexibility index (Phi) is 11.3. The van der Waals surface area contributed by atoms with Crippen LogP contribution in [0.25, 0.3) is 6.08 Å². The van der Waals surface area contributed by atoms with E-state index in [4.69, 9.17) is 43.0 Å². The van der Waals surface area contributed by atoms with Crippen LogP contribution in [-0.2, 0) is 42.9 Å². The average molecular weight is 541 g/mol.